The molecule has 0 radical (unpaired) electrons. The third kappa shape index (κ3) is 5.56. The van der Waals surface area contributed by atoms with E-state index in [4.69, 9.17) is 0 Å². The van der Waals surface area contributed by atoms with Crippen LogP contribution in [-0.2, 0) is 20.0 Å². The van der Waals surface area contributed by atoms with E-state index in [0.717, 1.165) is 48.5 Å². The normalized spacial score (nSPS) is 12.2. The number of benzene rings is 2. The Morgan fingerprint density at radius 1 is 0.640 bits per heavy atom. The maximum atomic E-state index is 12.8. The first-order valence-electron chi connectivity index (χ1n) is 7.21. The van der Waals surface area contributed by atoms with E-state index in [9.17, 15) is 25.6 Å². The van der Waals surface area contributed by atoms with E-state index < -0.39 is 31.7 Å². The molecule has 0 heterocycles. The molecule has 0 spiro atoms. The number of nitrogens with one attached hydrogen (secondary N) is 2. The molecule has 0 saturated heterocycles. The fourth-order valence-electron chi connectivity index (χ4n) is 1.90. The molecule has 6 nitrogen and oxygen atoms in total. The van der Waals surface area contributed by atoms with Crippen molar-refractivity contribution in [2.24, 2.45) is 0 Å². The highest BCUT2D eigenvalue weighted by atomic mass is 32.2. The van der Waals surface area contributed by atoms with Crippen molar-refractivity contribution >= 4 is 20.0 Å². The van der Waals surface area contributed by atoms with Crippen LogP contribution in [-0.4, -0.2) is 29.9 Å². The topological polar surface area (TPSA) is 92.3 Å². The average Bonchev–Trinajstić information content (AvgIpc) is 2.55. The summed E-state index contributed by atoms with van der Waals surface area (Å²) in [7, 11) is -7.57. The van der Waals surface area contributed by atoms with Crippen molar-refractivity contribution in [2.75, 3.05) is 13.1 Å². The van der Waals surface area contributed by atoms with Crippen molar-refractivity contribution < 1.29 is 25.6 Å². The lowest BCUT2D eigenvalue weighted by Crippen LogP contribution is -2.30. The largest absolute Gasteiger partial charge is 0.240 e. The van der Waals surface area contributed by atoms with Gasteiger partial charge in [-0.2, -0.15) is 0 Å². The summed E-state index contributed by atoms with van der Waals surface area (Å²) in [4.78, 5) is -0.165. The molecule has 10 heteroatoms. The summed E-state index contributed by atoms with van der Waals surface area (Å²) >= 11 is 0. The molecule has 136 valence electrons. The van der Waals surface area contributed by atoms with Crippen LogP contribution in [0.5, 0.6) is 0 Å². The number of sulfonamides is 2. The van der Waals surface area contributed by atoms with Gasteiger partial charge in [0.25, 0.3) is 0 Å². The molecule has 2 N–H and O–H groups in total. The molecular formula is C15H16F2N2O4S2. The minimum absolute atomic E-state index is 0.00829. The Morgan fingerprint density at radius 2 is 0.960 bits per heavy atom. The van der Waals surface area contributed by atoms with Crippen LogP contribution in [0.1, 0.15) is 6.42 Å². The Morgan fingerprint density at radius 3 is 1.28 bits per heavy atom. The van der Waals surface area contributed by atoms with Gasteiger partial charge in [0.1, 0.15) is 11.6 Å². The van der Waals surface area contributed by atoms with E-state index in [0.29, 0.717) is 0 Å². The second kappa shape index (κ2) is 8.00. The molecule has 0 aromatic heterocycles. The Hall–Kier alpha value is -1.88. The number of hydrogen-bond donors (Lipinski definition) is 2. The second-order valence-electron chi connectivity index (χ2n) is 5.06. The number of halogens is 2. The Balaban J connectivity index is 1.83. The van der Waals surface area contributed by atoms with E-state index in [1.165, 1.54) is 0 Å². The minimum Gasteiger partial charge on any atom is -0.211 e. The van der Waals surface area contributed by atoms with Gasteiger partial charge in [-0.1, -0.05) is 0 Å². The smallest absolute Gasteiger partial charge is 0.211 e. The summed E-state index contributed by atoms with van der Waals surface area (Å²) in [5.41, 5.74) is 0. The quantitative estimate of drug-likeness (QED) is 0.670. The van der Waals surface area contributed by atoms with E-state index in [-0.39, 0.29) is 29.3 Å². The van der Waals surface area contributed by atoms with Gasteiger partial charge in [-0.3, -0.25) is 0 Å². The molecule has 0 fully saturated rings. The highest BCUT2D eigenvalue weighted by molar-refractivity contribution is 7.89. The van der Waals surface area contributed by atoms with Gasteiger partial charge in [0.2, 0.25) is 20.0 Å². The lowest BCUT2D eigenvalue weighted by atomic mass is 10.4. The van der Waals surface area contributed by atoms with Gasteiger partial charge in [0.15, 0.2) is 0 Å². The molecule has 0 bridgehead atoms. The van der Waals surface area contributed by atoms with E-state index in [1.807, 2.05) is 0 Å². The fourth-order valence-corrected chi connectivity index (χ4v) is 4.04. The maximum Gasteiger partial charge on any atom is 0.240 e. The second-order valence-corrected chi connectivity index (χ2v) is 8.59. The summed E-state index contributed by atoms with van der Waals surface area (Å²) in [6.07, 6.45) is 0.195. The van der Waals surface area contributed by atoms with Gasteiger partial charge in [-0.25, -0.2) is 35.1 Å². The third-order valence-electron chi connectivity index (χ3n) is 3.19. The van der Waals surface area contributed by atoms with Gasteiger partial charge >= 0.3 is 0 Å². The van der Waals surface area contributed by atoms with Crippen LogP contribution in [0.4, 0.5) is 8.78 Å². The molecule has 2 rings (SSSR count). The lowest BCUT2D eigenvalue weighted by Gasteiger charge is -2.08. The summed E-state index contributed by atoms with van der Waals surface area (Å²) < 4.78 is 78.0. The van der Waals surface area contributed by atoms with Crippen LogP contribution in [0, 0.1) is 11.6 Å². The zero-order valence-electron chi connectivity index (χ0n) is 12.9. The summed E-state index contributed by atoms with van der Waals surface area (Å²) in [5.74, 6) is -1.09. The third-order valence-corrected chi connectivity index (χ3v) is 6.14. The van der Waals surface area contributed by atoms with Crippen LogP contribution in [0.25, 0.3) is 0 Å². The lowest BCUT2D eigenvalue weighted by molar-refractivity contribution is 0.572. The molecule has 0 atom stereocenters. The first kappa shape index (κ1) is 19.4. The Bertz CT molecular complexity index is 836. The zero-order valence-corrected chi connectivity index (χ0v) is 14.6. The predicted molar refractivity (Wildman–Crippen MR) is 87.8 cm³/mol. The van der Waals surface area contributed by atoms with Crippen molar-refractivity contribution in [2.45, 2.75) is 16.2 Å². The molecule has 2 aromatic carbocycles. The van der Waals surface area contributed by atoms with Crippen molar-refractivity contribution in [1.82, 2.24) is 9.44 Å². The van der Waals surface area contributed by atoms with E-state index >= 15 is 0 Å². The Labute approximate surface area is 145 Å². The van der Waals surface area contributed by atoms with Crippen LogP contribution in [0.15, 0.2) is 58.3 Å². The van der Waals surface area contributed by atoms with Gasteiger partial charge in [0.05, 0.1) is 9.79 Å². The van der Waals surface area contributed by atoms with Crippen molar-refractivity contribution in [3.63, 3.8) is 0 Å². The van der Waals surface area contributed by atoms with Gasteiger partial charge in [-0.05, 0) is 55.0 Å². The van der Waals surface area contributed by atoms with E-state index in [1.54, 1.807) is 0 Å². The monoisotopic (exact) mass is 390 g/mol. The summed E-state index contributed by atoms with van der Waals surface area (Å²) in [6.45, 7) is -0.0166. The van der Waals surface area contributed by atoms with Crippen LogP contribution >= 0.6 is 0 Å². The molecule has 0 saturated carbocycles. The summed E-state index contributed by atoms with van der Waals surface area (Å²) in [6, 6.07) is 8.67. The molecule has 25 heavy (non-hydrogen) atoms. The molecule has 0 amide bonds. The highest BCUT2D eigenvalue weighted by Gasteiger charge is 2.15. The van der Waals surface area contributed by atoms with Crippen LogP contribution < -0.4 is 9.44 Å². The fraction of sp³-hybridized carbons (Fsp3) is 0.200. The van der Waals surface area contributed by atoms with Crippen molar-refractivity contribution in [3.8, 4) is 0 Å². The predicted octanol–water partition coefficient (Wildman–Crippen LogP) is 1.61. The minimum atomic E-state index is -3.79. The first-order chi connectivity index (χ1) is 11.7. The SMILES string of the molecule is O=S(=O)(NCCCNS(=O)(=O)c1ccc(F)cc1)c1ccc(F)cc1. The molecule has 0 aliphatic carbocycles. The first-order valence-corrected chi connectivity index (χ1v) is 10.2. The number of hydrogen-bond acceptors (Lipinski definition) is 4. The zero-order chi connectivity index (χ0) is 18.5. The van der Waals surface area contributed by atoms with Crippen LogP contribution in [0.3, 0.4) is 0 Å². The average molecular weight is 390 g/mol. The molecule has 0 aliphatic heterocycles. The van der Waals surface area contributed by atoms with E-state index in [2.05, 4.69) is 9.44 Å². The van der Waals surface area contributed by atoms with Gasteiger partial charge in [-0.15, -0.1) is 0 Å². The van der Waals surface area contributed by atoms with Crippen molar-refractivity contribution in [1.29, 1.82) is 0 Å². The van der Waals surface area contributed by atoms with Crippen LogP contribution in [0.2, 0.25) is 0 Å². The molecule has 0 aliphatic rings. The van der Waals surface area contributed by atoms with Crippen molar-refractivity contribution in [3.05, 3.63) is 60.2 Å². The molecular weight excluding hydrogens is 374 g/mol. The van der Waals surface area contributed by atoms with Gasteiger partial charge in [0, 0.05) is 13.1 Å². The summed E-state index contributed by atoms with van der Waals surface area (Å²) in [5, 5.41) is 0. The Kier molecular flexibility index (Phi) is 6.22. The molecule has 2 aromatic rings. The maximum absolute atomic E-state index is 12.8. The van der Waals surface area contributed by atoms with Gasteiger partial charge < -0.3 is 0 Å². The molecule has 0 unspecified atom stereocenters. The standard InChI is InChI=1S/C15H16F2N2O4S2/c16-12-2-6-14(7-3-12)24(20,21)18-10-1-11-19-25(22,23)15-8-4-13(17)5-9-15/h2-9,18-19H,1,10-11H2. The number of rotatable bonds is 8. The highest BCUT2D eigenvalue weighted by Crippen LogP contribution is 2.10.